The van der Waals surface area contributed by atoms with Gasteiger partial charge in [0.15, 0.2) is 0 Å². The van der Waals surface area contributed by atoms with E-state index in [-0.39, 0.29) is 84.5 Å². The first-order valence-electron chi connectivity index (χ1n) is 17.9. The Kier molecular flexibility index (Phi) is 7.75. The number of nitrogens with zero attached hydrogens (tertiary/aromatic N) is 2. The van der Waals surface area contributed by atoms with Gasteiger partial charge in [0.2, 0.25) is 11.8 Å². The Bertz CT molecular complexity index is 1560. The first kappa shape index (κ1) is 33.7. The zero-order valence-corrected chi connectivity index (χ0v) is 29.3. The number of esters is 1. The van der Waals surface area contributed by atoms with Crippen LogP contribution >= 0.6 is 0 Å². The lowest BCUT2D eigenvalue weighted by molar-refractivity contribution is -0.320. The molecule has 2 N–H and O–H groups in total. The SMILES string of the molecule is CCN1C[C@@]2(COC(=O)c3ccccc3N3C(=O)CC(C)C3=O)CC[C@H](OC)[C@@]34C5C[C@@H]6[C@@H](OC)C[C@@](O)(C5[C@H]6OC)[C@](O)([C@@H](OC)C23)[C@@H]14. The van der Waals surface area contributed by atoms with Crippen molar-refractivity contribution in [1.82, 2.24) is 4.90 Å². The maximum Gasteiger partial charge on any atom is 0.340 e. The van der Waals surface area contributed by atoms with E-state index in [9.17, 15) is 24.6 Å². The minimum absolute atomic E-state index is 0.0358. The largest absolute Gasteiger partial charge is 0.461 e. The van der Waals surface area contributed by atoms with E-state index < -0.39 is 46.1 Å². The second kappa shape index (κ2) is 11.3. The number of fused-ring (bicyclic) bond motifs is 2. The van der Waals surface area contributed by atoms with E-state index in [1.807, 2.05) is 0 Å². The van der Waals surface area contributed by atoms with Gasteiger partial charge in [-0.15, -0.1) is 0 Å². The Hall–Kier alpha value is -2.45. The molecule has 7 aliphatic rings. The number of likely N-dealkylation sites (N-methyl/N-ethyl adjacent to an activating group) is 1. The standard InChI is InChI=1S/C37H50N2O10/c1-7-38-17-34(18-49-32(42)20-10-8-9-11-23(20)39-26(40)14-19(2)31(39)41)13-12-25(46-4)36-22-15-21-24(45-3)16-35(43,27(22)28(21)47-5)37(44,33(36)38)30(48-6)29(34)36/h8-11,19,21-22,24-25,27-30,33,43-44H,7,12-18H2,1-6H3/t19?,21-,22?,24+,25+,27?,28+,29?,30+,33+,34-,35-,36+,37+/m1/s1. The number of ether oxygens (including phenoxy) is 5. The molecule has 7 fully saturated rings. The van der Waals surface area contributed by atoms with Crippen LogP contribution in [0.15, 0.2) is 24.3 Å². The van der Waals surface area contributed by atoms with Crippen LogP contribution in [-0.2, 0) is 33.3 Å². The summed E-state index contributed by atoms with van der Waals surface area (Å²) >= 11 is 0. The summed E-state index contributed by atoms with van der Waals surface area (Å²) < 4.78 is 31.4. The summed E-state index contributed by atoms with van der Waals surface area (Å²) in [7, 11) is 6.70. The number of methoxy groups -OCH3 is 4. The number of hydrogen-bond donors (Lipinski definition) is 2. The van der Waals surface area contributed by atoms with Crippen molar-refractivity contribution in [3.05, 3.63) is 29.8 Å². The van der Waals surface area contributed by atoms with Crippen molar-refractivity contribution in [2.24, 2.45) is 40.4 Å². The average molecular weight is 683 g/mol. The van der Waals surface area contributed by atoms with E-state index in [0.717, 1.165) is 11.3 Å². The van der Waals surface area contributed by atoms with Crippen LogP contribution in [0.4, 0.5) is 5.69 Å². The highest BCUT2D eigenvalue weighted by molar-refractivity contribution is 6.22. The number of hydrogen-bond acceptors (Lipinski definition) is 11. The molecule has 2 amide bonds. The second-order valence-electron chi connectivity index (χ2n) is 16.0. The summed E-state index contributed by atoms with van der Waals surface area (Å²) in [6, 6.07) is 6.12. The van der Waals surface area contributed by atoms with Gasteiger partial charge >= 0.3 is 5.97 Å². The Balaban J connectivity index is 1.23. The van der Waals surface area contributed by atoms with Gasteiger partial charge < -0.3 is 33.9 Å². The van der Waals surface area contributed by atoms with Gasteiger partial charge in [0.1, 0.15) is 11.2 Å². The number of rotatable bonds is 9. The summed E-state index contributed by atoms with van der Waals surface area (Å²) in [5, 5.41) is 26.6. The van der Waals surface area contributed by atoms with E-state index in [0.29, 0.717) is 25.9 Å². The van der Waals surface area contributed by atoms with Gasteiger partial charge in [0.05, 0.1) is 48.3 Å². The normalized spacial score (nSPS) is 48.0. The molecule has 2 heterocycles. The van der Waals surface area contributed by atoms with E-state index in [1.54, 1.807) is 59.6 Å². The number of carbonyl (C=O) groups excluding carboxylic acids is 3. The third-order valence-electron chi connectivity index (χ3n) is 14.5. The first-order chi connectivity index (χ1) is 23.4. The summed E-state index contributed by atoms with van der Waals surface area (Å²) in [6.45, 7) is 4.95. The third kappa shape index (κ3) is 3.86. The molecule has 5 saturated carbocycles. The fourth-order valence-electron chi connectivity index (χ4n) is 13.2. The fraction of sp³-hybridized carbons (Fsp3) is 0.757. The monoisotopic (exact) mass is 682 g/mol. The highest BCUT2D eigenvalue weighted by Crippen LogP contribution is 2.80. The Morgan fingerprint density at radius 2 is 1.80 bits per heavy atom. The van der Waals surface area contributed by atoms with Gasteiger partial charge in [-0.2, -0.15) is 0 Å². The fourth-order valence-corrected chi connectivity index (χ4v) is 13.2. The van der Waals surface area contributed by atoms with Crippen LogP contribution in [0.25, 0.3) is 0 Å². The van der Waals surface area contributed by atoms with Crippen molar-refractivity contribution >= 4 is 23.5 Å². The van der Waals surface area contributed by atoms with Crippen LogP contribution in [0.3, 0.4) is 0 Å². The molecular weight excluding hydrogens is 632 g/mol. The van der Waals surface area contributed by atoms with Crippen LogP contribution in [0.1, 0.15) is 56.3 Å². The number of amides is 2. The zero-order valence-electron chi connectivity index (χ0n) is 29.3. The lowest BCUT2D eigenvalue weighted by Crippen LogP contribution is -2.82. The highest BCUT2D eigenvalue weighted by Gasteiger charge is 2.91. The summed E-state index contributed by atoms with van der Waals surface area (Å²) in [5.74, 6) is -2.47. The van der Waals surface area contributed by atoms with Crippen LogP contribution in [0.5, 0.6) is 0 Å². The molecular formula is C37H50N2O10. The molecule has 0 aromatic heterocycles. The molecule has 49 heavy (non-hydrogen) atoms. The van der Waals surface area contributed by atoms with Gasteiger partial charge in [-0.1, -0.05) is 26.0 Å². The molecule has 0 radical (unpaired) electrons. The number of carbonyl (C=O) groups is 3. The van der Waals surface area contributed by atoms with E-state index in [4.69, 9.17) is 23.7 Å². The minimum atomic E-state index is -1.70. The number of piperidine rings is 1. The molecule has 2 saturated heterocycles. The quantitative estimate of drug-likeness (QED) is 0.292. The number of benzene rings is 1. The van der Waals surface area contributed by atoms with Crippen LogP contribution in [0, 0.1) is 40.4 Å². The van der Waals surface area contributed by atoms with Crippen LogP contribution in [-0.4, -0.2) is 123 Å². The average Bonchev–Trinajstić information content (AvgIpc) is 3.63. The van der Waals surface area contributed by atoms with Crippen molar-refractivity contribution in [1.29, 1.82) is 0 Å². The van der Waals surface area contributed by atoms with E-state index in [1.165, 1.54) is 0 Å². The molecule has 14 atom stereocenters. The summed E-state index contributed by atoms with van der Waals surface area (Å²) in [4.78, 5) is 43.3. The lowest BCUT2D eigenvalue weighted by atomic mass is 9.42. The second-order valence-corrected chi connectivity index (χ2v) is 16.0. The van der Waals surface area contributed by atoms with Crippen molar-refractivity contribution in [2.75, 3.05) is 53.0 Å². The summed E-state index contributed by atoms with van der Waals surface area (Å²) in [5.41, 5.74) is -4.17. The van der Waals surface area contributed by atoms with Gasteiger partial charge in [-0.3, -0.25) is 14.5 Å². The molecule has 7 bridgehead atoms. The van der Waals surface area contributed by atoms with Gasteiger partial charge in [0, 0.05) is 82.3 Å². The Morgan fingerprint density at radius 3 is 2.43 bits per heavy atom. The van der Waals surface area contributed by atoms with Gasteiger partial charge in [-0.05, 0) is 43.9 Å². The van der Waals surface area contributed by atoms with Crippen molar-refractivity contribution in [3.8, 4) is 0 Å². The molecule has 12 nitrogen and oxygen atoms in total. The predicted molar refractivity (Wildman–Crippen MR) is 174 cm³/mol. The molecule has 1 spiro atoms. The minimum Gasteiger partial charge on any atom is -0.461 e. The zero-order chi connectivity index (χ0) is 34.8. The van der Waals surface area contributed by atoms with Crippen LogP contribution < -0.4 is 4.90 Å². The molecule has 5 aliphatic carbocycles. The van der Waals surface area contributed by atoms with Crippen LogP contribution in [0.2, 0.25) is 0 Å². The predicted octanol–water partition coefficient (Wildman–Crippen LogP) is 2.04. The molecule has 2 aliphatic heterocycles. The molecule has 268 valence electrons. The van der Waals surface area contributed by atoms with Crippen molar-refractivity contribution in [2.45, 2.75) is 87.6 Å². The molecule has 8 rings (SSSR count). The van der Waals surface area contributed by atoms with E-state index >= 15 is 0 Å². The Morgan fingerprint density at radius 1 is 1.04 bits per heavy atom. The summed E-state index contributed by atoms with van der Waals surface area (Å²) in [6.07, 6.45) is 0.813. The van der Waals surface area contributed by atoms with Crippen molar-refractivity contribution in [3.63, 3.8) is 0 Å². The van der Waals surface area contributed by atoms with E-state index in [2.05, 4.69) is 11.8 Å². The lowest BCUT2D eigenvalue weighted by Gasteiger charge is -2.70. The number of anilines is 1. The number of para-hydroxylation sites is 1. The molecule has 4 unspecified atom stereocenters. The smallest absolute Gasteiger partial charge is 0.340 e. The number of imide groups is 1. The van der Waals surface area contributed by atoms with Gasteiger partial charge in [0.25, 0.3) is 0 Å². The maximum atomic E-state index is 14.1. The van der Waals surface area contributed by atoms with Crippen molar-refractivity contribution < 1.29 is 48.3 Å². The highest BCUT2D eigenvalue weighted by atomic mass is 16.5. The molecule has 12 heteroatoms. The third-order valence-corrected chi connectivity index (χ3v) is 14.5. The maximum absolute atomic E-state index is 14.1. The number of likely N-dealkylation sites (tertiary alicyclic amines) is 1. The number of aliphatic hydroxyl groups is 2. The van der Waals surface area contributed by atoms with Gasteiger partial charge in [-0.25, -0.2) is 9.69 Å². The Labute approximate surface area is 287 Å². The first-order valence-corrected chi connectivity index (χ1v) is 17.9. The molecule has 1 aromatic carbocycles. The topological polar surface area (TPSA) is 144 Å². The molecule has 1 aromatic rings.